The van der Waals surface area contributed by atoms with E-state index < -0.39 is 0 Å². The minimum absolute atomic E-state index is 0.727. The van der Waals surface area contributed by atoms with Crippen LogP contribution in [-0.4, -0.2) is 12.6 Å². The quantitative estimate of drug-likeness (QED) is 0.839. The van der Waals surface area contributed by atoms with Gasteiger partial charge in [0.05, 0.1) is 0 Å². The van der Waals surface area contributed by atoms with Crippen LogP contribution in [0.1, 0.15) is 37.5 Å². The molecule has 2 heteroatoms. The molecule has 1 heterocycles. The topological polar surface area (TPSA) is 12.0 Å². The summed E-state index contributed by atoms with van der Waals surface area (Å²) in [6, 6.07) is 5.12. The SMILES string of the molecule is CC(NCCc1cccs1)C1CC2CCC1C2. The highest BCUT2D eigenvalue weighted by Gasteiger charge is 2.41. The molecule has 0 aromatic carbocycles. The van der Waals surface area contributed by atoms with Crippen LogP contribution in [0, 0.1) is 17.8 Å². The van der Waals surface area contributed by atoms with Gasteiger partial charge in [-0.2, -0.15) is 0 Å². The summed E-state index contributed by atoms with van der Waals surface area (Å²) in [5, 5.41) is 5.93. The second-order valence-corrected chi connectivity index (χ2v) is 6.94. The Bertz CT molecular complexity index is 346. The van der Waals surface area contributed by atoms with Crippen molar-refractivity contribution in [2.75, 3.05) is 6.54 Å². The van der Waals surface area contributed by atoms with Gasteiger partial charge in [0.1, 0.15) is 0 Å². The van der Waals surface area contributed by atoms with Gasteiger partial charge in [0.15, 0.2) is 0 Å². The highest BCUT2D eigenvalue weighted by Crippen LogP contribution is 2.49. The van der Waals surface area contributed by atoms with Crippen molar-refractivity contribution in [3.63, 3.8) is 0 Å². The van der Waals surface area contributed by atoms with Crippen LogP contribution in [0.3, 0.4) is 0 Å². The van der Waals surface area contributed by atoms with E-state index in [-0.39, 0.29) is 0 Å². The predicted molar refractivity (Wildman–Crippen MR) is 74.4 cm³/mol. The molecule has 1 aromatic heterocycles. The summed E-state index contributed by atoms with van der Waals surface area (Å²) in [5.74, 6) is 3.09. The molecule has 1 N–H and O–H groups in total. The van der Waals surface area contributed by atoms with Gasteiger partial charge in [0.2, 0.25) is 0 Å². The first-order chi connectivity index (χ1) is 8.33. The molecule has 0 radical (unpaired) electrons. The Morgan fingerprint density at radius 2 is 2.35 bits per heavy atom. The molecule has 0 amide bonds. The lowest BCUT2D eigenvalue weighted by Gasteiger charge is -2.28. The number of fused-ring (bicyclic) bond motifs is 2. The molecular formula is C15H23NS. The smallest absolute Gasteiger partial charge is 0.00698 e. The van der Waals surface area contributed by atoms with Crippen molar-refractivity contribution in [1.29, 1.82) is 0 Å². The Balaban J connectivity index is 1.43. The summed E-state index contributed by atoms with van der Waals surface area (Å²) in [5.41, 5.74) is 0. The second kappa shape index (κ2) is 5.11. The average Bonchev–Trinajstić information content (AvgIpc) is 3.05. The van der Waals surface area contributed by atoms with Crippen LogP contribution in [0.25, 0.3) is 0 Å². The van der Waals surface area contributed by atoms with Gasteiger partial charge in [-0.1, -0.05) is 12.5 Å². The van der Waals surface area contributed by atoms with Gasteiger partial charge in [-0.25, -0.2) is 0 Å². The van der Waals surface area contributed by atoms with Crippen molar-refractivity contribution in [2.24, 2.45) is 17.8 Å². The van der Waals surface area contributed by atoms with Crippen LogP contribution in [-0.2, 0) is 6.42 Å². The van der Waals surface area contributed by atoms with E-state index in [2.05, 4.69) is 29.8 Å². The van der Waals surface area contributed by atoms with E-state index in [1.54, 1.807) is 0 Å². The van der Waals surface area contributed by atoms with Gasteiger partial charge in [-0.05, 0) is 61.8 Å². The molecule has 4 unspecified atom stereocenters. The molecule has 2 aliphatic carbocycles. The summed E-state index contributed by atoms with van der Waals surface area (Å²) < 4.78 is 0. The van der Waals surface area contributed by atoms with Gasteiger partial charge < -0.3 is 5.32 Å². The molecule has 2 saturated carbocycles. The maximum atomic E-state index is 3.75. The van der Waals surface area contributed by atoms with Gasteiger partial charge in [-0.3, -0.25) is 0 Å². The minimum Gasteiger partial charge on any atom is -0.314 e. The third-order valence-electron chi connectivity index (χ3n) is 4.85. The predicted octanol–water partition coefficient (Wildman–Crippen LogP) is 3.70. The first-order valence-corrected chi connectivity index (χ1v) is 7.96. The molecular weight excluding hydrogens is 226 g/mol. The number of hydrogen-bond donors (Lipinski definition) is 1. The first-order valence-electron chi connectivity index (χ1n) is 7.08. The molecule has 2 bridgehead atoms. The van der Waals surface area contributed by atoms with Crippen molar-refractivity contribution >= 4 is 11.3 Å². The molecule has 2 aliphatic rings. The summed E-state index contributed by atoms with van der Waals surface area (Å²) in [6.07, 6.45) is 7.25. The van der Waals surface area contributed by atoms with Crippen LogP contribution < -0.4 is 5.32 Å². The van der Waals surface area contributed by atoms with Crippen molar-refractivity contribution in [3.8, 4) is 0 Å². The van der Waals surface area contributed by atoms with Gasteiger partial charge in [0.25, 0.3) is 0 Å². The zero-order chi connectivity index (χ0) is 11.7. The standard InChI is InChI=1S/C15H23NS/c1-11(15-10-12-4-5-13(15)9-12)16-7-6-14-3-2-8-17-14/h2-3,8,11-13,15-16H,4-7,9-10H2,1H3. The molecule has 1 aromatic rings. The van der Waals surface area contributed by atoms with Crippen LogP contribution >= 0.6 is 11.3 Å². The second-order valence-electron chi connectivity index (χ2n) is 5.91. The lowest BCUT2D eigenvalue weighted by molar-refractivity contribution is 0.261. The molecule has 0 spiro atoms. The third kappa shape index (κ3) is 2.58. The molecule has 17 heavy (non-hydrogen) atoms. The lowest BCUT2D eigenvalue weighted by Crippen LogP contribution is -2.37. The highest BCUT2D eigenvalue weighted by atomic mass is 32.1. The maximum absolute atomic E-state index is 3.75. The van der Waals surface area contributed by atoms with Gasteiger partial charge in [-0.15, -0.1) is 11.3 Å². The number of thiophene rings is 1. The van der Waals surface area contributed by atoms with Crippen molar-refractivity contribution in [2.45, 2.75) is 45.1 Å². The lowest BCUT2D eigenvalue weighted by atomic mass is 9.84. The van der Waals surface area contributed by atoms with E-state index in [0.717, 1.165) is 30.3 Å². The highest BCUT2D eigenvalue weighted by molar-refractivity contribution is 7.09. The Hall–Kier alpha value is -0.340. The minimum atomic E-state index is 0.727. The van der Waals surface area contributed by atoms with Crippen molar-refractivity contribution in [1.82, 2.24) is 5.32 Å². The number of nitrogens with one attached hydrogen (secondary N) is 1. The monoisotopic (exact) mass is 249 g/mol. The molecule has 0 aliphatic heterocycles. The normalized spacial score (nSPS) is 33.1. The van der Waals surface area contributed by atoms with Gasteiger partial charge >= 0.3 is 0 Å². The number of rotatable bonds is 5. The summed E-state index contributed by atoms with van der Waals surface area (Å²) in [7, 11) is 0. The summed E-state index contributed by atoms with van der Waals surface area (Å²) in [6.45, 7) is 3.55. The molecule has 0 saturated heterocycles. The Kier molecular flexibility index (Phi) is 3.53. The average molecular weight is 249 g/mol. The molecule has 2 fully saturated rings. The Morgan fingerprint density at radius 1 is 1.41 bits per heavy atom. The van der Waals surface area contributed by atoms with Crippen LogP contribution in [0.15, 0.2) is 17.5 Å². The fourth-order valence-electron chi connectivity index (χ4n) is 3.94. The van der Waals surface area contributed by atoms with E-state index in [4.69, 9.17) is 0 Å². The molecule has 3 rings (SSSR count). The van der Waals surface area contributed by atoms with Crippen molar-refractivity contribution < 1.29 is 0 Å². The van der Waals surface area contributed by atoms with E-state index >= 15 is 0 Å². The first kappa shape index (κ1) is 11.7. The molecule has 1 nitrogen and oxygen atoms in total. The molecule has 94 valence electrons. The van der Waals surface area contributed by atoms with Crippen molar-refractivity contribution in [3.05, 3.63) is 22.4 Å². The van der Waals surface area contributed by atoms with E-state index in [1.807, 2.05) is 11.3 Å². The largest absolute Gasteiger partial charge is 0.314 e. The zero-order valence-electron chi connectivity index (χ0n) is 10.7. The number of hydrogen-bond acceptors (Lipinski definition) is 2. The molecule has 4 atom stereocenters. The summed E-state index contributed by atoms with van der Waals surface area (Å²) in [4.78, 5) is 1.51. The van der Waals surface area contributed by atoms with Crippen LogP contribution in [0.2, 0.25) is 0 Å². The van der Waals surface area contributed by atoms with Crippen LogP contribution in [0.4, 0.5) is 0 Å². The van der Waals surface area contributed by atoms with Crippen LogP contribution in [0.5, 0.6) is 0 Å². The third-order valence-corrected chi connectivity index (χ3v) is 5.79. The zero-order valence-corrected chi connectivity index (χ0v) is 11.5. The van der Waals surface area contributed by atoms with E-state index in [0.29, 0.717) is 0 Å². The van der Waals surface area contributed by atoms with E-state index in [9.17, 15) is 0 Å². The Labute approximate surface area is 109 Å². The van der Waals surface area contributed by atoms with E-state index in [1.165, 1.54) is 37.0 Å². The fraction of sp³-hybridized carbons (Fsp3) is 0.733. The summed E-state index contributed by atoms with van der Waals surface area (Å²) >= 11 is 1.88. The van der Waals surface area contributed by atoms with Gasteiger partial charge in [0, 0.05) is 17.5 Å². The Morgan fingerprint density at radius 3 is 3.00 bits per heavy atom. The maximum Gasteiger partial charge on any atom is 0.00698 e. The fourth-order valence-corrected chi connectivity index (χ4v) is 4.64.